The number of fused-ring (bicyclic) bond motifs is 10. The molecule has 4 heteroatoms. The zero-order valence-electron chi connectivity index (χ0n) is 26.3. The van der Waals surface area contributed by atoms with Crippen molar-refractivity contribution in [3.8, 4) is 22.5 Å². The van der Waals surface area contributed by atoms with Gasteiger partial charge in [-0.3, -0.25) is 0 Å². The Labute approximate surface area is 285 Å². The van der Waals surface area contributed by atoms with Crippen LogP contribution in [0.15, 0.2) is 164 Å². The molecule has 0 aliphatic rings. The molecule has 0 aliphatic carbocycles. The second kappa shape index (κ2) is 10.1. The predicted molar refractivity (Wildman–Crippen MR) is 209 cm³/mol. The highest BCUT2D eigenvalue weighted by Crippen LogP contribution is 2.43. The third-order valence-electron chi connectivity index (χ3n) is 10.1. The van der Waals surface area contributed by atoms with Crippen LogP contribution in [0.5, 0.6) is 0 Å². The molecule has 4 heterocycles. The van der Waals surface area contributed by atoms with Crippen molar-refractivity contribution in [3.05, 3.63) is 164 Å². The van der Waals surface area contributed by atoms with Gasteiger partial charge in [0.15, 0.2) is 0 Å². The van der Waals surface area contributed by atoms with Crippen molar-refractivity contribution in [2.75, 3.05) is 0 Å². The van der Waals surface area contributed by atoms with E-state index in [1.807, 2.05) is 11.3 Å². The molecule has 0 aliphatic heterocycles. The highest BCUT2D eigenvalue weighted by atomic mass is 32.1. The van der Waals surface area contributed by atoms with E-state index in [0.29, 0.717) is 0 Å². The van der Waals surface area contributed by atoms with Gasteiger partial charge in [-0.25, -0.2) is 4.98 Å². The van der Waals surface area contributed by atoms with Gasteiger partial charge in [-0.05, 0) is 66.2 Å². The van der Waals surface area contributed by atoms with Gasteiger partial charge in [0.1, 0.15) is 0 Å². The second-order valence-electron chi connectivity index (χ2n) is 12.8. The number of hydrogen-bond acceptors (Lipinski definition) is 2. The van der Waals surface area contributed by atoms with Gasteiger partial charge in [-0.2, -0.15) is 0 Å². The van der Waals surface area contributed by atoms with E-state index in [1.165, 1.54) is 80.6 Å². The van der Waals surface area contributed by atoms with E-state index in [9.17, 15) is 0 Å². The third kappa shape index (κ3) is 3.80. The summed E-state index contributed by atoms with van der Waals surface area (Å²) in [6, 6.07) is 59.4. The molecule has 0 bridgehead atoms. The summed E-state index contributed by atoms with van der Waals surface area (Å²) in [6.07, 6.45) is 0. The molecule has 0 saturated heterocycles. The van der Waals surface area contributed by atoms with Gasteiger partial charge in [0, 0.05) is 54.0 Å². The van der Waals surface area contributed by atoms with E-state index in [0.717, 1.165) is 16.7 Å². The number of para-hydroxylation sites is 4. The molecular formula is C45H27N3S. The van der Waals surface area contributed by atoms with E-state index in [4.69, 9.17) is 4.98 Å². The first-order valence-corrected chi connectivity index (χ1v) is 17.5. The molecule has 0 N–H and O–H groups in total. The molecular weight excluding hydrogens is 615 g/mol. The van der Waals surface area contributed by atoms with Crippen LogP contribution in [-0.4, -0.2) is 14.1 Å². The van der Waals surface area contributed by atoms with Crippen LogP contribution < -0.4 is 0 Å². The molecule has 11 aromatic rings. The summed E-state index contributed by atoms with van der Waals surface area (Å²) in [7, 11) is 0. The zero-order chi connectivity index (χ0) is 32.1. The molecule has 7 aromatic carbocycles. The van der Waals surface area contributed by atoms with E-state index in [1.54, 1.807) is 0 Å². The molecule has 0 amide bonds. The summed E-state index contributed by atoms with van der Waals surface area (Å²) < 4.78 is 7.31. The molecule has 0 spiro atoms. The molecule has 49 heavy (non-hydrogen) atoms. The summed E-state index contributed by atoms with van der Waals surface area (Å²) in [5.74, 6) is 0. The van der Waals surface area contributed by atoms with E-state index in [2.05, 4.69) is 173 Å². The van der Waals surface area contributed by atoms with Crippen molar-refractivity contribution in [2.45, 2.75) is 0 Å². The van der Waals surface area contributed by atoms with Crippen LogP contribution in [0, 0.1) is 0 Å². The Hall–Kier alpha value is -6.23. The maximum Gasteiger partial charge on any atom is 0.0902 e. The van der Waals surface area contributed by atoms with Crippen LogP contribution in [0.2, 0.25) is 0 Å². The number of benzene rings is 7. The number of thiophene rings is 1. The topological polar surface area (TPSA) is 22.8 Å². The molecule has 0 saturated carbocycles. The van der Waals surface area contributed by atoms with Crippen molar-refractivity contribution >= 4 is 86.2 Å². The molecule has 0 unspecified atom stereocenters. The normalized spacial score (nSPS) is 12.1. The van der Waals surface area contributed by atoms with Gasteiger partial charge in [0.2, 0.25) is 0 Å². The lowest BCUT2D eigenvalue weighted by atomic mass is 9.99. The fraction of sp³-hybridized carbons (Fsp3) is 0. The SMILES string of the molecule is c1ccc2c(-c3ccc(-n4c5ccccc5c5cc(-n6c7ccccc7c7ccccc76)ccc54)cc3)c3sc4ccccc4c3nc2c1. The highest BCUT2D eigenvalue weighted by Gasteiger charge is 2.18. The number of aromatic nitrogens is 3. The Morgan fingerprint density at radius 1 is 0.408 bits per heavy atom. The van der Waals surface area contributed by atoms with Gasteiger partial charge in [-0.1, -0.05) is 103 Å². The van der Waals surface area contributed by atoms with Crippen LogP contribution >= 0.6 is 11.3 Å². The first-order valence-electron chi connectivity index (χ1n) is 16.6. The van der Waals surface area contributed by atoms with Crippen LogP contribution in [-0.2, 0) is 0 Å². The zero-order valence-corrected chi connectivity index (χ0v) is 27.2. The molecule has 11 rings (SSSR count). The lowest BCUT2D eigenvalue weighted by Crippen LogP contribution is -1.96. The van der Waals surface area contributed by atoms with Crippen LogP contribution in [0.4, 0.5) is 0 Å². The monoisotopic (exact) mass is 641 g/mol. The van der Waals surface area contributed by atoms with Crippen molar-refractivity contribution in [1.82, 2.24) is 14.1 Å². The highest BCUT2D eigenvalue weighted by molar-refractivity contribution is 7.26. The quantitative estimate of drug-likeness (QED) is 0.188. The standard InChI is InChI=1S/C45H27N3S/c1-6-16-37-34(14-1)43(45-44(46-37)35-15-5-10-20-42(35)49-45)28-21-23-29(24-22-28)47-40-19-9-4-13-33(40)36-27-30(25-26-41(36)47)48-38-17-7-2-11-31(38)32-12-3-8-18-39(32)48/h1-27H. The van der Waals surface area contributed by atoms with Gasteiger partial charge >= 0.3 is 0 Å². The molecule has 228 valence electrons. The Balaban J connectivity index is 1.11. The molecule has 0 radical (unpaired) electrons. The van der Waals surface area contributed by atoms with E-state index in [-0.39, 0.29) is 0 Å². The first-order chi connectivity index (χ1) is 24.3. The van der Waals surface area contributed by atoms with Crippen LogP contribution in [0.3, 0.4) is 0 Å². The summed E-state index contributed by atoms with van der Waals surface area (Å²) >= 11 is 1.84. The minimum Gasteiger partial charge on any atom is -0.309 e. The first kappa shape index (κ1) is 26.8. The van der Waals surface area contributed by atoms with Gasteiger partial charge in [-0.15, -0.1) is 11.3 Å². The molecule has 4 aromatic heterocycles. The summed E-state index contributed by atoms with van der Waals surface area (Å²) in [6.45, 7) is 0. The number of pyridine rings is 1. The van der Waals surface area contributed by atoms with Gasteiger partial charge < -0.3 is 9.13 Å². The number of rotatable bonds is 3. The number of nitrogens with zero attached hydrogens (tertiary/aromatic N) is 3. The summed E-state index contributed by atoms with van der Waals surface area (Å²) in [5, 5.41) is 7.44. The predicted octanol–water partition coefficient (Wildman–Crippen LogP) is 12.5. The van der Waals surface area contributed by atoms with Crippen LogP contribution in [0.1, 0.15) is 0 Å². The van der Waals surface area contributed by atoms with E-state index >= 15 is 0 Å². The smallest absolute Gasteiger partial charge is 0.0902 e. The Morgan fingerprint density at radius 2 is 0.918 bits per heavy atom. The summed E-state index contributed by atoms with van der Waals surface area (Å²) in [5.41, 5.74) is 11.7. The number of hydrogen-bond donors (Lipinski definition) is 0. The minimum absolute atomic E-state index is 1.03. The molecule has 0 atom stereocenters. The van der Waals surface area contributed by atoms with Crippen molar-refractivity contribution in [1.29, 1.82) is 0 Å². The maximum atomic E-state index is 5.14. The maximum absolute atomic E-state index is 5.14. The average molecular weight is 642 g/mol. The lowest BCUT2D eigenvalue weighted by molar-refractivity contribution is 1.17. The lowest BCUT2D eigenvalue weighted by Gasteiger charge is -2.12. The average Bonchev–Trinajstić information content (AvgIpc) is 3.81. The Kier molecular flexibility index (Phi) is 5.54. The fourth-order valence-corrected chi connectivity index (χ4v) is 9.20. The van der Waals surface area contributed by atoms with Crippen molar-refractivity contribution in [3.63, 3.8) is 0 Å². The van der Waals surface area contributed by atoms with Crippen LogP contribution in [0.25, 0.3) is 97.3 Å². The van der Waals surface area contributed by atoms with Crippen molar-refractivity contribution in [2.24, 2.45) is 0 Å². The minimum atomic E-state index is 1.03. The van der Waals surface area contributed by atoms with Crippen molar-refractivity contribution < 1.29 is 0 Å². The van der Waals surface area contributed by atoms with Gasteiger partial charge in [0.05, 0.1) is 37.8 Å². The molecule has 3 nitrogen and oxygen atoms in total. The molecule has 0 fully saturated rings. The Morgan fingerprint density at radius 3 is 1.61 bits per heavy atom. The summed E-state index contributed by atoms with van der Waals surface area (Å²) in [4.78, 5) is 5.14. The van der Waals surface area contributed by atoms with Gasteiger partial charge in [0.25, 0.3) is 0 Å². The Bertz CT molecular complexity index is 3050. The second-order valence-corrected chi connectivity index (χ2v) is 13.8. The third-order valence-corrected chi connectivity index (χ3v) is 11.3. The largest absolute Gasteiger partial charge is 0.309 e. The fourth-order valence-electron chi connectivity index (χ4n) is 7.98. The van der Waals surface area contributed by atoms with E-state index < -0.39 is 0 Å².